The van der Waals surface area contributed by atoms with Crippen molar-refractivity contribution in [3.05, 3.63) is 53.1 Å². The first-order valence-electron chi connectivity index (χ1n) is 8.27. The summed E-state index contributed by atoms with van der Waals surface area (Å²) in [6, 6.07) is 10.1. The Labute approximate surface area is 153 Å². The van der Waals surface area contributed by atoms with E-state index in [2.05, 4.69) is 0 Å². The van der Waals surface area contributed by atoms with Crippen LogP contribution in [-0.2, 0) is 21.2 Å². The molecule has 0 saturated carbocycles. The molecule has 0 aliphatic carbocycles. The molecule has 1 heterocycles. The van der Waals surface area contributed by atoms with Gasteiger partial charge in [-0.2, -0.15) is 0 Å². The molecular formula is C19H21NO5S. The Morgan fingerprint density at radius 3 is 2.58 bits per heavy atom. The number of fused-ring (bicyclic) bond motifs is 1. The number of carbonyl (C=O) groups excluding carboxylic acids is 1. The lowest BCUT2D eigenvalue weighted by Gasteiger charge is -2.31. The van der Waals surface area contributed by atoms with Gasteiger partial charge in [0.2, 0.25) is 0 Å². The maximum atomic E-state index is 13.4. The Bertz CT molecular complexity index is 952. The van der Waals surface area contributed by atoms with E-state index in [1.54, 1.807) is 36.4 Å². The molecule has 7 heteroatoms. The van der Waals surface area contributed by atoms with Gasteiger partial charge in [-0.15, -0.1) is 0 Å². The molecule has 6 nitrogen and oxygen atoms in total. The van der Waals surface area contributed by atoms with Gasteiger partial charge >= 0.3 is 5.97 Å². The van der Waals surface area contributed by atoms with Crippen LogP contribution in [-0.4, -0.2) is 35.2 Å². The summed E-state index contributed by atoms with van der Waals surface area (Å²) in [5.41, 5.74) is 2.55. The molecule has 0 aromatic heterocycles. The zero-order valence-corrected chi connectivity index (χ0v) is 15.8. The minimum absolute atomic E-state index is 0.122. The lowest BCUT2D eigenvalue weighted by atomic mass is 10.0. The summed E-state index contributed by atoms with van der Waals surface area (Å²) in [5.74, 6) is -0.198. The van der Waals surface area contributed by atoms with E-state index in [9.17, 15) is 13.2 Å². The highest BCUT2D eigenvalue weighted by molar-refractivity contribution is 7.93. The van der Waals surface area contributed by atoms with Crippen LogP contribution < -0.4 is 9.04 Å². The number of rotatable bonds is 4. The van der Waals surface area contributed by atoms with Gasteiger partial charge in [0.05, 0.1) is 25.5 Å². The predicted molar refractivity (Wildman–Crippen MR) is 98.4 cm³/mol. The van der Waals surface area contributed by atoms with E-state index in [4.69, 9.17) is 9.47 Å². The SMILES string of the molecule is COC(=O)c1ccc2c(c1)N(S(=O)(=O)c1cc(C)ccc1OC)CCC2. The van der Waals surface area contributed by atoms with E-state index in [1.165, 1.54) is 18.5 Å². The summed E-state index contributed by atoms with van der Waals surface area (Å²) in [5, 5.41) is 0. The first kappa shape index (κ1) is 18.3. The number of methoxy groups -OCH3 is 2. The molecular weight excluding hydrogens is 354 g/mol. The average molecular weight is 375 g/mol. The Hall–Kier alpha value is -2.54. The van der Waals surface area contributed by atoms with Gasteiger partial charge in [0.15, 0.2) is 0 Å². The first-order valence-corrected chi connectivity index (χ1v) is 9.71. The molecule has 2 aromatic rings. The molecule has 1 aliphatic rings. The monoisotopic (exact) mass is 375 g/mol. The Morgan fingerprint density at radius 1 is 1.12 bits per heavy atom. The Kier molecular flexibility index (Phi) is 4.91. The van der Waals surface area contributed by atoms with Crippen LogP contribution in [0, 0.1) is 6.92 Å². The highest BCUT2D eigenvalue weighted by Gasteiger charge is 2.32. The Morgan fingerprint density at radius 2 is 1.88 bits per heavy atom. The van der Waals surface area contributed by atoms with Gasteiger partial charge in [-0.3, -0.25) is 4.31 Å². The third-order valence-corrected chi connectivity index (χ3v) is 6.30. The van der Waals surface area contributed by atoms with Gasteiger partial charge in [0.1, 0.15) is 10.6 Å². The molecule has 2 aromatic carbocycles. The third-order valence-electron chi connectivity index (χ3n) is 4.47. The van der Waals surface area contributed by atoms with E-state index in [0.717, 1.165) is 17.5 Å². The molecule has 0 bridgehead atoms. The number of anilines is 1. The van der Waals surface area contributed by atoms with Gasteiger partial charge in [-0.25, -0.2) is 13.2 Å². The van der Waals surface area contributed by atoms with Crippen molar-refractivity contribution in [2.75, 3.05) is 25.1 Å². The number of esters is 1. The number of aryl methyl sites for hydroxylation is 2. The number of nitrogens with zero attached hydrogens (tertiary/aromatic N) is 1. The van der Waals surface area contributed by atoms with Crippen molar-refractivity contribution in [2.24, 2.45) is 0 Å². The highest BCUT2D eigenvalue weighted by atomic mass is 32.2. The van der Waals surface area contributed by atoms with Gasteiger partial charge in [0, 0.05) is 6.54 Å². The standard InChI is InChI=1S/C19H21NO5S/c1-13-6-9-17(24-2)18(11-13)26(22,23)20-10-4-5-14-7-8-15(12-16(14)20)19(21)25-3/h6-9,11-12H,4-5,10H2,1-3H3. The summed E-state index contributed by atoms with van der Waals surface area (Å²) >= 11 is 0. The predicted octanol–water partition coefficient (Wildman–Crippen LogP) is 2.93. The van der Waals surface area contributed by atoms with Crippen LogP contribution in [0.3, 0.4) is 0 Å². The molecule has 3 rings (SSSR count). The molecule has 26 heavy (non-hydrogen) atoms. The quantitative estimate of drug-likeness (QED) is 0.768. The fourth-order valence-corrected chi connectivity index (χ4v) is 4.92. The molecule has 0 N–H and O–H groups in total. The fourth-order valence-electron chi connectivity index (χ4n) is 3.14. The van der Waals surface area contributed by atoms with Gasteiger partial charge < -0.3 is 9.47 Å². The van der Waals surface area contributed by atoms with Crippen LogP contribution >= 0.6 is 0 Å². The normalized spacial score (nSPS) is 13.9. The van der Waals surface area contributed by atoms with Gasteiger partial charge in [-0.05, 0) is 55.2 Å². The van der Waals surface area contributed by atoms with E-state index in [-0.39, 0.29) is 4.90 Å². The largest absolute Gasteiger partial charge is 0.495 e. The van der Waals surface area contributed by atoms with Crippen molar-refractivity contribution in [1.29, 1.82) is 0 Å². The fraction of sp³-hybridized carbons (Fsp3) is 0.316. The minimum atomic E-state index is -3.83. The molecule has 0 fully saturated rings. The van der Waals surface area contributed by atoms with Crippen molar-refractivity contribution >= 4 is 21.7 Å². The molecule has 1 aliphatic heterocycles. The molecule has 0 spiro atoms. The second kappa shape index (κ2) is 6.99. The van der Waals surface area contributed by atoms with E-state index in [1.807, 2.05) is 6.92 Å². The van der Waals surface area contributed by atoms with Crippen molar-refractivity contribution < 1.29 is 22.7 Å². The van der Waals surface area contributed by atoms with Crippen LogP contribution in [0.1, 0.15) is 27.9 Å². The molecule has 0 amide bonds. The smallest absolute Gasteiger partial charge is 0.337 e. The zero-order chi connectivity index (χ0) is 18.9. The minimum Gasteiger partial charge on any atom is -0.495 e. The van der Waals surface area contributed by atoms with Gasteiger partial charge in [-0.1, -0.05) is 12.1 Å². The summed E-state index contributed by atoms with van der Waals surface area (Å²) in [6.07, 6.45) is 1.46. The van der Waals surface area contributed by atoms with Crippen LogP contribution in [0.5, 0.6) is 5.75 Å². The maximum Gasteiger partial charge on any atom is 0.337 e. The lowest BCUT2D eigenvalue weighted by Crippen LogP contribution is -2.36. The van der Waals surface area contributed by atoms with E-state index >= 15 is 0 Å². The highest BCUT2D eigenvalue weighted by Crippen LogP contribution is 2.36. The second-order valence-corrected chi connectivity index (χ2v) is 8.00. The second-order valence-electron chi connectivity index (χ2n) is 6.17. The summed E-state index contributed by atoms with van der Waals surface area (Å²) in [4.78, 5) is 12.0. The number of hydrogen-bond acceptors (Lipinski definition) is 5. The van der Waals surface area contributed by atoms with E-state index in [0.29, 0.717) is 30.0 Å². The number of carbonyl (C=O) groups is 1. The number of hydrogen-bond donors (Lipinski definition) is 0. The first-order chi connectivity index (χ1) is 12.4. The topological polar surface area (TPSA) is 72.9 Å². The molecule has 0 unspecified atom stereocenters. The van der Waals surface area contributed by atoms with Crippen molar-refractivity contribution in [3.8, 4) is 5.75 Å². The Balaban J connectivity index is 2.14. The van der Waals surface area contributed by atoms with Gasteiger partial charge in [0.25, 0.3) is 10.0 Å². The molecule has 0 saturated heterocycles. The summed E-state index contributed by atoms with van der Waals surface area (Å²) < 4.78 is 38.1. The van der Waals surface area contributed by atoms with Crippen LogP contribution in [0.15, 0.2) is 41.3 Å². The maximum absolute atomic E-state index is 13.4. The van der Waals surface area contributed by atoms with E-state index < -0.39 is 16.0 Å². The van der Waals surface area contributed by atoms with Crippen LogP contribution in [0.4, 0.5) is 5.69 Å². The number of benzene rings is 2. The lowest BCUT2D eigenvalue weighted by molar-refractivity contribution is 0.0600. The number of ether oxygens (including phenoxy) is 2. The molecule has 0 radical (unpaired) electrons. The average Bonchev–Trinajstić information content (AvgIpc) is 2.66. The van der Waals surface area contributed by atoms with Crippen molar-refractivity contribution in [2.45, 2.75) is 24.7 Å². The molecule has 138 valence electrons. The zero-order valence-electron chi connectivity index (χ0n) is 15.0. The third kappa shape index (κ3) is 3.14. The van der Waals surface area contributed by atoms with Crippen molar-refractivity contribution in [1.82, 2.24) is 0 Å². The number of sulfonamides is 1. The molecule has 0 atom stereocenters. The summed E-state index contributed by atoms with van der Waals surface area (Å²) in [7, 11) is -1.09. The van der Waals surface area contributed by atoms with Crippen molar-refractivity contribution in [3.63, 3.8) is 0 Å². The van der Waals surface area contributed by atoms with Crippen LogP contribution in [0.25, 0.3) is 0 Å². The summed E-state index contributed by atoms with van der Waals surface area (Å²) in [6.45, 7) is 2.18. The van der Waals surface area contributed by atoms with Crippen LogP contribution in [0.2, 0.25) is 0 Å².